The Morgan fingerprint density at radius 1 is 1.23 bits per heavy atom. The predicted octanol–water partition coefficient (Wildman–Crippen LogP) is 2.79. The Hall–Kier alpha value is -0.890. The van der Waals surface area contributed by atoms with Crippen molar-refractivity contribution in [2.75, 3.05) is 40.6 Å². The van der Waals surface area contributed by atoms with Gasteiger partial charge in [-0.1, -0.05) is 6.92 Å². The summed E-state index contributed by atoms with van der Waals surface area (Å²) in [5.41, 5.74) is -0.00500. The normalized spacial score (nSPS) is 29.0. The molecule has 0 aromatic heterocycles. The Balaban J connectivity index is 1.74. The Labute approximate surface area is 156 Å². The first kappa shape index (κ1) is 19.9. The molecule has 3 fully saturated rings. The molecule has 3 rings (SSSR count). The number of hydrazine groups is 1. The van der Waals surface area contributed by atoms with E-state index in [0.717, 1.165) is 45.1 Å². The van der Waals surface area contributed by atoms with Gasteiger partial charge < -0.3 is 18.9 Å². The fraction of sp³-hybridized carbons (Fsp3) is 0.947. The molecule has 2 aliphatic heterocycles. The molecule has 0 unspecified atom stereocenters. The number of amides is 1. The van der Waals surface area contributed by atoms with Crippen LogP contribution in [0.1, 0.15) is 52.4 Å². The third-order valence-electron chi connectivity index (χ3n) is 6.69. The molecule has 0 N–H and O–H groups in total. The molecule has 7 nitrogen and oxygen atoms in total. The Morgan fingerprint density at radius 3 is 2.46 bits per heavy atom. The second-order valence-electron chi connectivity index (χ2n) is 8.17. The number of ether oxygens (including phenoxy) is 4. The number of rotatable bonds is 5. The van der Waals surface area contributed by atoms with Crippen LogP contribution in [0.25, 0.3) is 0 Å². The number of methoxy groups -OCH3 is 2. The summed E-state index contributed by atoms with van der Waals surface area (Å²) in [4.78, 5) is 12.7. The van der Waals surface area contributed by atoms with Crippen molar-refractivity contribution in [2.24, 2.45) is 5.41 Å². The predicted molar refractivity (Wildman–Crippen MR) is 96.5 cm³/mol. The molecule has 0 radical (unpaired) electrons. The minimum Gasteiger partial charge on any atom is -0.452 e. The van der Waals surface area contributed by atoms with E-state index >= 15 is 0 Å². The first-order valence-corrected chi connectivity index (χ1v) is 9.85. The van der Waals surface area contributed by atoms with Crippen molar-refractivity contribution in [2.45, 2.75) is 70.2 Å². The van der Waals surface area contributed by atoms with Crippen LogP contribution in [0.3, 0.4) is 0 Å². The lowest BCUT2D eigenvalue weighted by molar-refractivity contribution is -0.200. The van der Waals surface area contributed by atoms with Crippen LogP contribution in [0.15, 0.2) is 0 Å². The molecule has 2 heterocycles. The van der Waals surface area contributed by atoms with E-state index < -0.39 is 0 Å². The molecule has 3 aliphatic rings. The van der Waals surface area contributed by atoms with Gasteiger partial charge in [0, 0.05) is 26.5 Å². The Bertz CT molecular complexity index is 484. The zero-order valence-corrected chi connectivity index (χ0v) is 16.7. The summed E-state index contributed by atoms with van der Waals surface area (Å²) in [5.74, 6) is -0.387. The molecule has 26 heavy (non-hydrogen) atoms. The lowest BCUT2D eigenvalue weighted by atomic mass is 9.69. The molecular formula is C19H34N2O5. The van der Waals surface area contributed by atoms with Crippen LogP contribution < -0.4 is 0 Å². The summed E-state index contributed by atoms with van der Waals surface area (Å²) in [7, 11) is 3.17. The fourth-order valence-corrected chi connectivity index (χ4v) is 4.75. The van der Waals surface area contributed by atoms with Crippen LogP contribution in [0.2, 0.25) is 0 Å². The molecule has 150 valence electrons. The maximum Gasteiger partial charge on any atom is 0.424 e. The molecule has 0 bridgehead atoms. The number of carbonyl (C=O) groups is 1. The van der Waals surface area contributed by atoms with Crippen LogP contribution in [0, 0.1) is 5.41 Å². The summed E-state index contributed by atoms with van der Waals surface area (Å²) in [6.07, 6.45) is 5.50. The van der Waals surface area contributed by atoms with Crippen LogP contribution in [-0.2, 0) is 18.9 Å². The largest absolute Gasteiger partial charge is 0.452 e. The van der Waals surface area contributed by atoms with E-state index in [-0.39, 0.29) is 29.4 Å². The lowest BCUT2D eigenvalue weighted by Crippen LogP contribution is -2.59. The van der Waals surface area contributed by atoms with Gasteiger partial charge in [-0.05, 0) is 38.0 Å². The summed E-state index contributed by atoms with van der Waals surface area (Å²) >= 11 is 0. The van der Waals surface area contributed by atoms with Gasteiger partial charge in [0.15, 0.2) is 5.79 Å². The third kappa shape index (κ3) is 3.72. The summed E-state index contributed by atoms with van der Waals surface area (Å²) < 4.78 is 22.3. The van der Waals surface area contributed by atoms with Crippen LogP contribution in [0.4, 0.5) is 4.79 Å². The van der Waals surface area contributed by atoms with Crippen LogP contribution in [0.5, 0.6) is 0 Å². The third-order valence-corrected chi connectivity index (χ3v) is 6.69. The molecule has 1 aliphatic carbocycles. The first-order valence-electron chi connectivity index (χ1n) is 9.85. The Kier molecular flexibility index (Phi) is 6.11. The average Bonchev–Trinajstić information content (AvgIpc) is 3.29. The highest BCUT2D eigenvalue weighted by Gasteiger charge is 2.50. The van der Waals surface area contributed by atoms with Crippen LogP contribution >= 0.6 is 0 Å². The molecule has 2 atom stereocenters. The molecule has 1 saturated carbocycles. The van der Waals surface area contributed by atoms with Crippen molar-refractivity contribution in [3.63, 3.8) is 0 Å². The molecule has 0 aromatic rings. The fourth-order valence-electron chi connectivity index (χ4n) is 4.75. The SMILES string of the molecule is COC[C@@H]1CCCN1N(C(=O)OC)[C@H](C)C1(C)CCC2(CC1)OCCO2. The minimum atomic E-state index is -0.387. The van der Waals surface area contributed by atoms with E-state index in [2.05, 4.69) is 18.9 Å². The van der Waals surface area contributed by atoms with Crippen molar-refractivity contribution in [1.29, 1.82) is 0 Å². The zero-order valence-electron chi connectivity index (χ0n) is 16.7. The number of carbonyl (C=O) groups excluding carboxylic acids is 1. The van der Waals surface area contributed by atoms with Gasteiger partial charge in [0.05, 0.1) is 39.0 Å². The highest BCUT2D eigenvalue weighted by Crippen LogP contribution is 2.48. The maximum absolute atomic E-state index is 12.7. The zero-order chi connectivity index (χ0) is 18.8. The van der Waals surface area contributed by atoms with E-state index in [9.17, 15) is 4.79 Å². The van der Waals surface area contributed by atoms with Gasteiger partial charge in [-0.15, -0.1) is 0 Å². The molecule has 7 heteroatoms. The molecule has 1 amide bonds. The van der Waals surface area contributed by atoms with E-state index in [0.29, 0.717) is 19.8 Å². The van der Waals surface area contributed by atoms with E-state index in [4.69, 9.17) is 18.9 Å². The number of nitrogens with zero attached hydrogens (tertiary/aromatic N) is 2. The van der Waals surface area contributed by atoms with Crippen molar-refractivity contribution in [3.05, 3.63) is 0 Å². The molecule has 2 saturated heterocycles. The molecule has 1 spiro atoms. The van der Waals surface area contributed by atoms with Gasteiger partial charge in [0.25, 0.3) is 0 Å². The quantitative estimate of drug-likeness (QED) is 0.742. The van der Waals surface area contributed by atoms with Gasteiger partial charge in [0.2, 0.25) is 0 Å². The monoisotopic (exact) mass is 370 g/mol. The van der Waals surface area contributed by atoms with Gasteiger partial charge >= 0.3 is 6.09 Å². The highest BCUT2D eigenvalue weighted by atomic mass is 16.7. The highest BCUT2D eigenvalue weighted by molar-refractivity contribution is 5.67. The average molecular weight is 370 g/mol. The summed E-state index contributed by atoms with van der Waals surface area (Å²) in [6.45, 7) is 7.28. The van der Waals surface area contributed by atoms with E-state index in [1.165, 1.54) is 7.11 Å². The van der Waals surface area contributed by atoms with Gasteiger partial charge in [0.1, 0.15) is 0 Å². The second-order valence-corrected chi connectivity index (χ2v) is 8.17. The number of hydrogen-bond donors (Lipinski definition) is 0. The maximum atomic E-state index is 12.7. The van der Waals surface area contributed by atoms with Gasteiger partial charge in [-0.2, -0.15) is 0 Å². The summed E-state index contributed by atoms with van der Waals surface area (Å²) in [6, 6.07) is 0.257. The molecule has 0 aromatic carbocycles. The smallest absolute Gasteiger partial charge is 0.424 e. The topological polar surface area (TPSA) is 60.5 Å². The van der Waals surface area contributed by atoms with Gasteiger partial charge in [-0.25, -0.2) is 14.8 Å². The number of hydrogen-bond acceptors (Lipinski definition) is 6. The van der Waals surface area contributed by atoms with Crippen molar-refractivity contribution in [3.8, 4) is 0 Å². The van der Waals surface area contributed by atoms with Crippen molar-refractivity contribution >= 4 is 6.09 Å². The lowest BCUT2D eigenvalue weighted by Gasteiger charge is -2.50. The first-order chi connectivity index (χ1) is 12.4. The van der Waals surface area contributed by atoms with E-state index in [1.54, 1.807) is 7.11 Å². The van der Waals surface area contributed by atoms with Crippen molar-refractivity contribution < 1.29 is 23.7 Å². The standard InChI is InChI=1S/C19H34N2O5/c1-15(18(2)7-9-19(10-8-18)25-12-13-26-19)21(17(22)24-4)20-11-5-6-16(20)14-23-3/h15-16H,5-14H2,1-4H3/t15-,16+/m1/s1. The second kappa shape index (κ2) is 8.00. The Morgan fingerprint density at radius 2 is 1.88 bits per heavy atom. The van der Waals surface area contributed by atoms with E-state index in [1.807, 2.05) is 5.01 Å². The van der Waals surface area contributed by atoms with Gasteiger partial charge in [-0.3, -0.25) is 0 Å². The summed E-state index contributed by atoms with van der Waals surface area (Å²) in [5, 5.41) is 4.02. The minimum absolute atomic E-state index is 0.00500. The van der Waals surface area contributed by atoms with Crippen LogP contribution in [-0.4, -0.2) is 74.6 Å². The van der Waals surface area contributed by atoms with Crippen molar-refractivity contribution in [1.82, 2.24) is 10.0 Å². The molecular weight excluding hydrogens is 336 g/mol.